The third kappa shape index (κ3) is 6.19. The van der Waals surface area contributed by atoms with Crippen LogP contribution in [-0.4, -0.2) is 40.5 Å². The van der Waals surface area contributed by atoms with Crippen molar-refractivity contribution in [2.24, 2.45) is 0 Å². The Labute approximate surface area is 124 Å². The molecular formula is C13H20FN3O3S. The van der Waals surface area contributed by atoms with Crippen molar-refractivity contribution in [1.82, 2.24) is 15.4 Å². The van der Waals surface area contributed by atoms with Crippen molar-refractivity contribution in [2.75, 3.05) is 20.1 Å². The molecule has 1 aromatic carbocycles. The molecule has 0 saturated carbocycles. The summed E-state index contributed by atoms with van der Waals surface area (Å²) in [6.07, 6.45) is 0.0386. The van der Waals surface area contributed by atoms with E-state index in [1.807, 2.05) is 6.92 Å². The monoisotopic (exact) mass is 317 g/mol. The van der Waals surface area contributed by atoms with Gasteiger partial charge in [0.15, 0.2) is 0 Å². The summed E-state index contributed by atoms with van der Waals surface area (Å²) in [7, 11) is -1.93. The molecule has 1 atom stereocenters. The second kappa shape index (κ2) is 8.06. The van der Waals surface area contributed by atoms with Gasteiger partial charge in [-0.25, -0.2) is 17.5 Å². The molecule has 0 fully saturated rings. The maximum Gasteiger partial charge on any atom is 0.240 e. The normalized spacial score (nSPS) is 12.9. The molecule has 0 heterocycles. The zero-order valence-corrected chi connectivity index (χ0v) is 12.8. The lowest BCUT2D eigenvalue weighted by atomic mass is 10.3. The number of carbonyl (C=O) groups excluding carboxylic acids is 1. The Morgan fingerprint density at radius 3 is 2.48 bits per heavy atom. The van der Waals surface area contributed by atoms with Crippen molar-refractivity contribution < 1.29 is 17.6 Å². The quantitative estimate of drug-likeness (QED) is 0.640. The molecule has 118 valence electrons. The fourth-order valence-electron chi connectivity index (χ4n) is 1.45. The van der Waals surface area contributed by atoms with Gasteiger partial charge in [-0.05, 0) is 38.2 Å². The number of nitrogens with one attached hydrogen (secondary N) is 3. The number of hydrogen-bond acceptors (Lipinski definition) is 4. The average Bonchev–Trinajstić information content (AvgIpc) is 2.45. The predicted molar refractivity (Wildman–Crippen MR) is 77.7 cm³/mol. The van der Waals surface area contributed by atoms with Crippen molar-refractivity contribution in [2.45, 2.75) is 24.3 Å². The lowest BCUT2D eigenvalue weighted by molar-refractivity contribution is -0.121. The third-order valence-corrected chi connectivity index (χ3v) is 4.34. The van der Waals surface area contributed by atoms with Crippen LogP contribution < -0.4 is 15.4 Å². The summed E-state index contributed by atoms with van der Waals surface area (Å²) >= 11 is 0. The highest BCUT2D eigenvalue weighted by atomic mass is 32.2. The molecule has 3 N–H and O–H groups in total. The van der Waals surface area contributed by atoms with Crippen LogP contribution in [0.4, 0.5) is 4.39 Å². The summed E-state index contributed by atoms with van der Waals surface area (Å²) in [5, 5.41) is 5.65. The van der Waals surface area contributed by atoms with Crippen LogP contribution in [-0.2, 0) is 14.8 Å². The van der Waals surface area contributed by atoms with Crippen LogP contribution >= 0.6 is 0 Å². The van der Waals surface area contributed by atoms with E-state index in [-0.39, 0.29) is 29.8 Å². The van der Waals surface area contributed by atoms with Gasteiger partial charge in [0.2, 0.25) is 15.9 Å². The average molecular weight is 317 g/mol. The van der Waals surface area contributed by atoms with Gasteiger partial charge in [0, 0.05) is 25.6 Å². The molecule has 0 radical (unpaired) electrons. The molecule has 0 aliphatic rings. The van der Waals surface area contributed by atoms with Gasteiger partial charge in [0.1, 0.15) is 5.82 Å². The van der Waals surface area contributed by atoms with Crippen molar-refractivity contribution in [1.29, 1.82) is 0 Å². The van der Waals surface area contributed by atoms with Crippen molar-refractivity contribution >= 4 is 15.9 Å². The first-order valence-corrected chi connectivity index (χ1v) is 8.02. The van der Waals surface area contributed by atoms with Crippen LogP contribution in [0.25, 0.3) is 0 Å². The molecule has 6 nitrogen and oxygen atoms in total. The molecule has 1 amide bonds. The number of sulfonamides is 1. The molecule has 1 aromatic rings. The Bertz CT molecular complexity index is 561. The predicted octanol–water partition coefficient (Wildman–Crippen LogP) is 0.218. The minimum atomic E-state index is -3.72. The van der Waals surface area contributed by atoms with E-state index in [1.165, 1.54) is 12.1 Å². The van der Waals surface area contributed by atoms with E-state index < -0.39 is 15.8 Å². The zero-order chi connectivity index (χ0) is 15.9. The van der Waals surface area contributed by atoms with E-state index >= 15 is 0 Å². The zero-order valence-electron chi connectivity index (χ0n) is 12.0. The molecule has 1 unspecified atom stereocenters. The van der Waals surface area contributed by atoms with Crippen molar-refractivity contribution in [3.8, 4) is 0 Å². The molecule has 1 rings (SSSR count). The van der Waals surface area contributed by atoms with E-state index in [1.54, 1.807) is 7.05 Å². The lowest BCUT2D eigenvalue weighted by Gasteiger charge is -2.11. The highest BCUT2D eigenvalue weighted by Crippen LogP contribution is 2.09. The van der Waals surface area contributed by atoms with E-state index in [4.69, 9.17) is 0 Å². The fraction of sp³-hybridized carbons (Fsp3) is 0.462. The number of hydrogen-bond donors (Lipinski definition) is 3. The van der Waals surface area contributed by atoms with E-state index in [0.29, 0.717) is 6.54 Å². The second-order valence-corrected chi connectivity index (χ2v) is 6.36. The fourth-order valence-corrected chi connectivity index (χ4v) is 2.49. The first kappa shape index (κ1) is 17.5. The Hall–Kier alpha value is -1.51. The van der Waals surface area contributed by atoms with Gasteiger partial charge in [0.25, 0.3) is 0 Å². The van der Waals surface area contributed by atoms with Crippen LogP contribution in [0.2, 0.25) is 0 Å². The largest absolute Gasteiger partial charge is 0.355 e. The standard InChI is InChI=1S/C13H20FN3O3S/c1-10(15-2)9-16-13(18)7-8-17-21(19,20)12-5-3-11(14)4-6-12/h3-6,10,15,17H,7-9H2,1-2H3,(H,16,18). The summed E-state index contributed by atoms with van der Waals surface area (Å²) in [6, 6.07) is 4.63. The minimum absolute atomic E-state index is 0.0144. The van der Waals surface area contributed by atoms with Gasteiger partial charge in [0.05, 0.1) is 4.90 Å². The first-order valence-electron chi connectivity index (χ1n) is 6.54. The second-order valence-electron chi connectivity index (χ2n) is 4.60. The van der Waals surface area contributed by atoms with Crippen LogP contribution in [0, 0.1) is 5.82 Å². The summed E-state index contributed by atoms with van der Waals surface area (Å²) in [5.74, 6) is -0.745. The van der Waals surface area contributed by atoms with E-state index in [9.17, 15) is 17.6 Å². The summed E-state index contributed by atoms with van der Waals surface area (Å²) in [4.78, 5) is 11.5. The van der Waals surface area contributed by atoms with Crippen molar-refractivity contribution in [3.05, 3.63) is 30.1 Å². The van der Waals surface area contributed by atoms with Gasteiger partial charge < -0.3 is 10.6 Å². The number of halogens is 1. The van der Waals surface area contributed by atoms with Gasteiger partial charge in [-0.1, -0.05) is 0 Å². The van der Waals surface area contributed by atoms with Crippen LogP contribution in [0.1, 0.15) is 13.3 Å². The number of carbonyl (C=O) groups is 1. The molecule has 8 heteroatoms. The van der Waals surface area contributed by atoms with Crippen LogP contribution in [0.5, 0.6) is 0 Å². The molecule has 0 saturated heterocycles. The van der Waals surface area contributed by atoms with E-state index in [0.717, 1.165) is 12.1 Å². The van der Waals surface area contributed by atoms with Gasteiger partial charge in [-0.15, -0.1) is 0 Å². The summed E-state index contributed by atoms with van der Waals surface area (Å²) in [6.45, 7) is 2.37. The summed E-state index contributed by atoms with van der Waals surface area (Å²) < 4.78 is 38.8. The molecular weight excluding hydrogens is 297 g/mol. The van der Waals surface area contributed by atoms with Crippen LogP contribution in [0.3, 0.4) is 0 Å². The number of amides is 1. The Morgan fingerprint density at radius 2 is 1.90 bits per heavy atom. The van der Waals surface area contributed by atoms with Crippen LogP contribution in [0.15, 0.2) is 29.2 Å². The molecule has 0 aromatic heterocycles. The number of benzene rings is 1. The number of likely N-dealkylation sites (N-methyl/N-ethyl adjacent to an activating group) is 1. The maximum atomic E-state index is 12.7. The molecule has 21 heavy (non-hydrogen) atoms. The molecule has 0 aliphatic carbocycles. The summed E-state index contributed by atoms with van der Waals surface area (Å²) in [5.41, 5.74) is 0. The van der Waals surface area contributed by atoms with Crippen molar-refractivity contribution in [3.63, 3.8) is 0 Å². The van der Waals surface area contributed by atoms with Gasteiger partial charge in [-0.3, -0.25) is 4.79 Å². The highest BCUT2D eigenvalue weighted by Gasteiger charge is 2.14. The molecule has 0 aliphatic heterocycles. The highest BCUT2D eigenvalue weighted by molar-refractivity contribution is 7.89. The van der Waals surface area contributed by atoms with Gasteiger partial charge in [-0.2, -0.15) is 0 Å². The maximum absolute atomic E-state index is 12.7. The Morgan fingerprint density at radius 1 is 1.29 bits per heavy atom. The SMILES string of the molecule is CNC(C)CNC(=O)CCNS(=O)(=O)c1ccc(F)cc1. The van der Waals surface area contributed by atoms with Gasteiger partial charge >= 0.3 is 0 Å². The smallest absolute Gasteiger partial charge is 0.240 e. The molecule has 0 bridgehead atoms. The Kier molecular flexibility index (Phi) is 6.73. The van der Waals surface area contributed by atoms with E-state index in [2.05, 4.69) is 15.4 Å². The third-order valence-electron chi connectivity index (χ3n) is 2.87. The lowest BCUT2D eigenvalue weighted by Crippen LogP contribution is -2.38. The first-order chi connectivity index (χ1) is 9.85. The number of rotatable bonds is 8. The molecule has 0 spiro atoms. The topological polar surface area (TPSA) is 87.3 Å². The minimum Gasteiger partial charge on any atom is -0.355 e. The Balaban J connectivity index is 2.40.